The van der Waals surface area contributed by atoms with Gasteiger partial charge in [-0.15, -0.1) is 35.2 Å². The van der Waals surface area contributed by atoms with Gasteiger partial charge >= 0.3 is 21.7 Å². The van der Waals surface area contributed by atoms with Crippen molar-refractivity contribution in [2.75, 3.05) is 0 Å². The molecule has 131 valence electrons. The van der Waals surface area contributed by atoms with Crippen LogP contribution in [0.3, 0.4) is 0 Å². The fraction of sp³-hybridized carbons (Fsp3) is 0.0455. The van der Waals surface area contributed by atoms with Crippen LogP contribution in [0.4, 0.5) is 0 Å². The van der Waals surface area contributed by atoms with Gasteiger partial charge in [0.15, 0.2) is 0 Å². The van der Waals surface area contributed by atoms with E-state index >= 15 is 0 Å². The minimum Gasteiger partial charge on any atom is -1.00 e. The third-order valence-electron chi connectivity index (χ3n) is 4.16. The molecule has 26 heavy (non-hydrogen) atoms. The van der Waals surface area contributed by atoms with Gasteiger partial charge in [0.2, 0.25) is 0 Å². The standard InChI is InChI=1S/C13H9.C9H7.3BrH.Ti/c1-3-7-12-10(5-1)9-11-6-2-4-8-13(11)12;1-2-5-9-7-3-6-8(9)4-1;;;;/h1-5,7-8H,9H2;1-7H;3*1H;/q2*-1;;;;+3/p-3. The molecule has 0 saturated heterocycles. The molecule has 0 amide bonds. The van der Waals surface area contributed by atoms with Crippen LogP contribution in [-0.4, -0.2) is 0 Å². The van der Waals surface area contributed by atoms with E-state index in [4.69, 9.17) is 0 Å². The number of rotatable bonds is 0. The molecule has 0 aliphatic heterocycles. The maximum absolute atomic E-state index is 3.30. The summed E-state index contributed by atoms with van der Waals surface area (Å²) < 4.78 is 0. The van der Waals surface area contributed by atoms with Crippen molar-refractivity contribution in [2.24, 2.45) is 0 Å². The summed E-state index contributed by atoms with van der Waals surface area (Å²) in [5.41, 5.74) is 5.51. The average molecular weight is 568 g/mol. The van der Waals surface area contributed by atoms with Crippen LogP contribution >= 0.6 is 0 Å². The SMILES string of the molecule is [Br-].[Br-].[Br-].[Ti+3].[c-]1cccc2c1Cc1ccccc1-2.c1ccc2[cH-]ccc2c1. The van der Waals surface area contributed by atoms with E-state index in [1.165, 1.54) is 33.0 Å². The fourth-order valence-electron chi connectivity index (χ4n) is 3.07. The first kappa shape index (κ1) is 25.4. The van der Waals surface area contributed by atoms with Crippen molar-refractivity contribution in [2.45, 2.75) is 6.42 Å². The predicted molar refractivity (Wildman–Crippen MR) is 93.1 cm³/mol. The smallest absolute Gasteiger partial charge is 1.00 e. The molecule has 1 aliphatic carbocycles. The van der Waals surface area contributed by atoms with Crippen molar-refractivity contribution < 1.29 is 72.7 Å². The molecule has 0 bridgehead atoms. The number of hydrogen-bond donors (Lipinski definition) is 0. The molecule has 0 fully saturated rings. The van der Waals surface area contributed by atoms with E-state index in [2.05, 4.69) is 84.9 Å². The molecule has 0 spiro atoms. The molecule has 1 aliphatic rings. The minimum absolute atomic E-state index is 0. The van der Waals surface area contributed by atoms with E-state index < -0.39 is 0 Å². The second-order valence-corrected chi connectivity index (χ2v) is 5.55. The first-order chi connectivity index (χ1) is 10.9. The van der Waals surface area contributed by atoms with Crippen LogP contribution in [0.2, 0.25) is 0 Å². The molecule has 0 atom stereocenters. The molecular formula is C22H16Br3Ti-2. The summed E-state index contributed by atoms with van der Waals surface area (Å²) in [5.74, 6) is 0. The Morgan fingerprint density at radius 2 is 1.42 bits per heavy atom. The quantitative estimate of drug-likeness (QED) is 0.135. The van der Waals surface area contributed by atoms with Gasteiger partial charge in [0, 0.05) is 0 Å². The summed E-state index contributed by atoms with van der Waals surface area (Å²) >= 11 is 0. The topological polar surface area (TPSA) is 0 Å². The summed E-state index contributed by atoms with van der Waals surface area (Å²) in [5, 5.41) is 2.66. The Morgan fingerprint density at radius 3 is 2.23 bits per heavy atom. The van der Waals surface area contributed by atoms with Gasteiger partial charge in [-0.1, -0.05) is 41.5 Å². The average Bonchev–Trinajstić information content (AvgIpc) is 3.19. The number of benzene rings is 3. The summed E-state index contributed by atoms with van der Waals surface area (Å²) in [7, 11) is 0. The fourth-order valence-corrected chi connectivity index (χ4v) is 3.07. The first-order valence-corrected chi connectivity index (χ1v) is 7.60. The van der Waals surface area contributed by atoms with Crippen LogP contribution in [0.5, 0.6) is 0 Å². The van der Waals surface area contributed by atoms with Gasteiger partial charge in [0.05, 0.1) is 0 Å². The van der Waals surface area contributed by atoms with Crippen LogP contribution < -0.4 is 50.9 Å². The Balaban J connectivity index is 0.000000436. The third-order valence-corrected chi connectivity index (χ3v) is 4.16. The molecule has 0 unspecified atom stereocenters. The molecule has 0 nitrogen and oxygen atoms in total. The van der Waals surface area contributed by atoms with Crippen LogP contribution in [0, 0.1) is 6.07 Å². The predicted octanol–water partition coefficient (Wildman–Crippen LogP) is -3.37. The summed E-state index contributed by atoms with van der Waals surface area (Å²) in [6.07, 6.45) is 1.05. The van der Waals surface area contributed by atoms with E-state index in [9.17, 15) is 0 Å². The summed E-state index contributed by atoms with van der Waals surface area (Å²) in [6, 6.07) is 32.8. The summed E-state index contributed by atoms with van der Waals surface area (Å²) in [4.78, 5) is 0. The van der Waals surface area contributed by atoms with Gasteiger partial charge < -0.3 is 50.9 Å². The molecule has 5 rings (SSSR count). The van der Waals surface area contributed by atoms with E-state index in [1.807, 2.05) is 6.07 Å². The van der Waals surface area contributed by atoms with E-state index in [0.717, 1.165) is 6.42 Å². The monoisotopic (exact) mass is 565 g/mol. The molecule has 1 radical (unpaired) electrons. The molecule has 0 aromatic heterocycles. The largest absolute Gasteiger partial charge is 3.00 e. The molecule has 4 aromatic rings. The minimum atomic E-state index is 0. The van der Waals surface area contributed by atoms with Gasteiger partial charge in [-0.05, 0) is 6.42 Å². The van der Waals surface area contributed by atoms with Crippen molar-refractivity contribution >= 4 is 10.8 Å². The van der Waals surface area contributed by atoms with Crippen molar-refractivity contribution in [1.29, 1.82) is 0 Å². The van der Waals surface area contributed by atoms with Crippen molar-refractivity contribution in [3.63, 3.8) is 0 Å². The van der Waals surface area contributed by atoms with E-state index in [1.54, 1.807) is 0 Å². The van der Waals surface area contributed by atoms with Crippen LogP contribution in [0.1, 0.15) is 11.1 Å². The molecule has 0 N–H and O–H groups in total. The van der Waals surface area contributed by atoms with Gasteiger partial charge in [-0.2, -0.15) is 47.3 Å². The Hall–Kier alpha value is -0.576. The normalized spacial score (nSPS) is 9.69. The van der Waals surface area contributed by atoms with Crippen molar-refractivity contribution in [1.82, 2.24) is 0 Å². The Labute approximate surface area is 201 Å². The molecule has 4 aromatic carbocycles. The Bertz CT molecular complexity index is 857. The van der Waals surface area contributed by atoms with Crippen molar-refractivity contribution in [3.8, 4) is 11.1 Å². The van der Waals surface area contributed by atoms with Gasteiger partial charge in [-0.3, -0.25) is 0 Å². The second-order valence-electron chi connectivity index (χ2n) is 5.55. The van der Waals surface area contributed by atoms with Crippen LogP contribution in [0.15, 0.2) is 84.9 Å². The van der Waals surface area contributed by atoms with Crippen molar-refractivity contribution in [3.05, 3.63) is 102 Å². The van der Waals surface area contributed by atoms with Gasteiger partial charge in [0.1, 0.15) is 0 Å². The second kappa shape index (κ2) is 12.0. The van der Waals surface area contributed by atoms with Crippen LogP contribution in [0.25, 0.3) is 21.9 Å². The maximum Gasteiger partial charge on any atom is 3.00 e. The number of halogens is 3. The third kappa shape index (κ3) is 5.47. The van der Waals surface area contributed by atoms with E-state index in [-0.39, 0.29) is 72.7 Å². The number of fused-ring (bicyclic) bond motifs is 4. The van der Waals surface area contributed by atoms with Gasteiger partial charge in [-0.25, -0.2) is 0 Å². The van der Waals surface area contributed by atoms with Crippen LogP contribution in [-0.2, 0) is 28.1 Å². The zero-order valence-electron chi connectivity index (χ0n) is 13.9. The van der Waals surface area contributed by atoms with E-state index in [0.29, 0.717) is 0 Å². The zero-order valence-corrected chi connectivity index (χ0v) is 20.2. The molecule has 0 heterocycles. The molecular weight excluding hydrogens is 552 g/mol. The molecule has 0 saturated carbocycles. The Kier molecular flexibility index (Phi) is 11.7. The Morgan fingerprint density at radius 1 is 0.731 bits per heavy atom. The maximum atomic E-state index is 3.30. The molecule has 4 heteroatoms. The number of hydrogen-bond acceptors (Lipinski definition) is 0. The first-order valence-electron chi connectivity index (χ1n) is 7.60. The van der Waals surface area contributed by atoms with Gasteiger partial charge in [0.25, 0.3) is 0 Å². The zero-order chi connectivity index (χ0) is 14.8. The summed E-state index contributed by atoms with van der Waals surface area (Å²) in [6.45, 7) is 0.